The summed E-state index contributed by atoms with van der Waals surface area (Å²) < 4.78 is 0. The van der Waals surface area contributed by atoms with Crippen molar-refractivity contribution in [3.8, 4) is 0 Å². The molecule has 0 aromatic carbocycles. The summed E-state index contributed by atoms with van der Waals surface area (Å²) >= 11 is 0. The Hall–Kier alpha value is -0.0400. The van der Waals surface area contributed by atoms with E-state index in [1.54, 1.807) is 0 Å². The fraction of sp³-hybridized carbons (Fsp3) is 1.00. The fourth-order valence-electron chi connectivity index (χ4n) is 3.65. The second-order valence-electron chi connectivity index (χ2n) is 5.49. The van der Waals surface area contributed by atoms with Gasteiger partial charge in [0.1, 0.15) is 0 Å². The van der Waals surface area contributed by atoms with Gasteiger partial charge in [-0.15, -0.1) is 0 Å². The summed E-state index contributed by atoms with van der Waals surface area (Å²) in [5.74, 6) is 0.520. The Bertz CT molecular complexity index is 197. The molecule has 2 aliphatic rings. The van der Waals surface area contributed by atoms with Crippen LogP contribution in [0.5, 0.6) is 0 Å². The van der Waals surface area contributed by atoms with Crippen molar-refractivity contribution >= 4 is 0 Å². The van der Waals surface area contributed by atoms with Crippen molar-refractivity contribution in [2.24, 2.45) is 11.3 Å². The molecule has 0 bridgehead atoms. The first-order valence-corrected chi connectivity index (χ1v) is 5.81. The molecule has 0 radical (unpaired) electrons. The van der Waals surface area contributed by atoms with Crippen molar-refractivity contribution in [1.29, 1.82) is 0 Å². The number of fused-ring (bicyclic) bond motifs is 1. The van der Waals surface area contributed by atoms with Crippen molar-refractivity contribution in [3.05, 3.63) is 0 Å². The zero-order chi connectivity index (χ0) is 9.53. The molecule has 2 saturated carbocycles. The Balaban J connectivity index is 2.27. The first kappa shape index (κ1) is 9.51. The van der Waals surface area contributed by atoms with E-state index >= 15 is 0 Å². The molecule has 0 aromatic heterocycles. The van der Waals surface area contributed by atoms with Crippen LogP contribution in [0.25, 0.3) is 0 Å². The van der Waals surface area contributed by atoms with Crippen molar-refractivity contribution in [2.45, 2.75) is 64.4 Å². The second kappa shape index (κ2) is 2.98. The highest BCUT2D eigenvalue weighted by atomic mass is 16.3. The molecule has 13 heavy (non-hydrogen) atoms. The van der Waals surface area contributed by atoms with Crippen LogP contribution in [0, 0.1) is 11.3 Å². The van der Waals surface area contributed by atoms with Crippen LogP contribution in [-0.2, 0) is 0 Å². The van der Waals surface area contributed by atoms with Crippen LogP contribution in [0.3, 0.4) is 0 Å². The van der Waals surface area contributed by atoms with Crippen molar-refractivity contribution in [2.75, 3.05) is 0 Å². The number of rotatable bonds is 0. The van der Waals surface area contributed by atoms with Gasteiger partial charge in [-0.25, -0.2) is 0 Å². The molecule has 3 atom stereocenters. The van der Waals surface area contributed by atoms with Gasteiger partial charge in [0.05, 0.1) is 5.60 Å². The molecule has 0 aliphatic heterocycles. The van der Waals surface area contributed by atoms with Gasteiger partial charge in [-0.05, 0) is 37.0 Å². The van der Waals surface area contributed by atoms with Crippen LogP contribution < -0.4 is 0 Å². The predicted molar refractivity (Wildman–Crippen MR) is 54.5 cm³/mol. The third kappa shape index (κ3) is 1.24. The largest absolute Gasteiger partial charge is 0.389 e. The summed E-state index contributed by atoms with van der Waals surface area (Å²) in [6.07, 6.45) is 8.64. The molecule has 1 unspecified atom stereocenters. The van der Waals surface area contributed by atoms with Crippen LogP contribution in [0.15, 0.2) is 0 Å². The van der Waals surface area contributed by atoms with Gasteiger partial charge in [-0.2, -0.15) is 0 Å². The van der Waals surface area contributed by atoms with E-state index in [0.29, 0.717) is 5.92 Å². The van der Waals surface area contributed by atoms with Gasteiger partial charge in [-0.1, -0.05) is 33.1 Å². The summed E-state index contributed by atoms with van der Waals surface area (Å²) in [7, 11) is 0. The van der Waals surface area contributed by atoms with Crippen molar-refractivity contribution < 1.29 is 5.11 Å². The minimum absolute atomic E-state index is 0.239. The lowest BCUT2D eigenvalue weighted by Crippen LogP contribution is -2.55. The van der Waals surface area contributed by atoms with E-state index in [4.69, 9.17) is 0 Å². The van der Waals surface area contributed by atoms with Crippen molar-refractivity contribution in [3.63, 3.8) is 0 Å². The molecule has 2 rings (SSSR count). The molecule has 0 amide bonds. The molecule has 1 nitrogen and oxygen atoms in total. The highest BCUT2D eigenvalue weighted by Crippen LogP contribution is 2.55. The Labute approximate surface area is 81.5 Å². The zero-order valence-electron chi connectivity index (χ0n) is 8.97. The number of hydrogen-bond acceptors (Lipinski definition) is 1. The van der Waals surface area contributed by atoms with E-state index in [-0.39, 0.29) is 11.0 Å². The van der Waals surface area contributed by atoms with Gasteiger partial charge in [0.2, 0.25) is 0 Å². The average molecular weight is 182 g/mol. The first-order valence-electron chi connectivity index (χ1n) is 5.81. The zero-order valence-corrected chi connectivity index (χ0v) is 8.97. The van der Waals surface area contributed by atoms with E-state index in [1.165, 1.54) is 38.5 Å². The maximum atomic E-state index is 10.7. The molecular weight excluding hydrogens is 160 g/mol. The van der Waals surface area contributed by atoms with Crippen LogP contribution in [-0.4, -0.2) is 10.7 Å². The third-order valence-electron chi connectivity index (χ3n) is 4.76. The van der Waals surface area contributed by atoms with Gasteiger partial charge in [-0.3, -0.25) is 0 Å². The van der Waals surface area contributed by atoms with Crippen molar-refractivity contribution in [1.82, 2.24) is 0 Å². The van der Waals surface area contributed by atoms with Gasteiger partial charge < -0.3 is 5.11 Å². The van der Waals surface area contributed by atoms with E-state index in [2.05, 4.69) is 13.8 Å². The second-order valence-corrected chi connectivity index (χ2v) is 5.49. The first-order chi connectivity index (χ1) is 6.08. The van der Waals surface area contributed by atoms with Gasteiger partial charge in [0.25, 0.3) is 0 Å². The third-order valence-corrected chi connectivity index (χ3v) is 4.76. The van der Waals surface area contributed by atoms with Gasteiger partial charge in [0, 0.05) is 0 Å². The summed E-state index contributed by atoms with van der Waals surface area (Å²) in [6, 6.07) is 0. The van der Waals surface area contributed by atoms with E-state index < -0.39 is 0 Å². The summed E-state index contributed by atoms with van der Waals surface area (Å²) in [4.78, 5) is 0. The van der Waals surface area contributed by atoms with Gasteiger partial charge >= 0.3 is 0 Å². The lowest BCUT2D eigenvalue weighted by atomic mass is 9.54. The van der Waals surface area contributed by atoms with Crippen LogP contribution in [0.2, 0.25) is 0 Å². The Morgan fingerprint density at radius 2 is 1.69 bits per heavy atom. The molecule has 1 heteroatoms. The minimum Gasteiger partial charge on any atom is -0.389 e. The maximum absolute atomic E-state index is 10.7. The van der Waals surface area contributed by atoms with Crippen LogP contribution in [0.1, 0.15) is 58.8 Å². The average Bonchev–Trinajstić information content (AvgIpc) is 2.09. The molecule has 0 heterocycles. The summed E-state index contributed by atoms with van der Waals surface area (Å²) in [5, 5.41) is 10.7. The Morgan fingerprint density at radius 3 is 2.38 bits per heavy atom. The topological polar surface area (TPSA) is 20.2 Å². The standard InChI is InChI=1S/C12H22O/c1-10-6-5-8-11(2)7-3-4-9-12(10,11)13/h10,13H,3-9H2,1-2H3/t10?,11-,12+/m1/s1. The highest BCUT2D eigenvalue weighted by molar-refractivity contribution is 5.04. The van der Waals surface area contributed by atoms with Gasteiger partial charge in [0.15, 0.2) is 0 Å². The van der Waals surface area contributed by atoms with E-state index in [1.807, 2.05) is 0 Å². The summed E-state index contributed by atoms with van der Waals surface area (Å²) in [5.41, 5.74) is -0.0909. The molecule has 0 saturated heterocycles. The molecule has 1 N–H and O–H groups in total. The fourth-order valence-corrected chi connectivity index (χ4v) is 3.65. The smallest absolute Gasteiger partial charge is 0.0726 e. The molecular formula is C12H22O. The SMILES string of the molecule is CC1CCC[C@@]2(C)CCCC[C@]12O. The monoisotopic (exact) mass is 182 g/mol. The lowest BCUT2D eigenvalue weighted by Gasteiger charge is -2.55. The number of hydrogen-bond donors (Lipinski definition) is 1. The van der Waals surface area contributed by atoms with Crippen LogP contribution in [0.4, 0.5) is 0 Å². The highest BCUT2D eigenvalue weighted by Gasteiger charge is 2.52. The lowest BCUT2D eigenvalue weighted by molar-refractivity contribution is -0.164. The maximum Gasteiger partial charge on any atom is 0.0726 e. The Morgan fingerprint density at radius 1 is 1.08 bits per heavy atom. The normalized spacial score (nSPS) is 51.5. The molecule has 0 aromatic rings. The number of aliphatic hydroxyl groups is 1. The summed E-state index contributed by atoms with van der Waals surface area (Å²) in [6.45, 7) is 4.55. The Kier molecular flexibility index (Phi) is 2.18. The minimum atomic E-state index is -0.330. The molecule has 2 fully saturated rings. The quantitative estimate of drug-likeness (QED) is 0.610. The molecule has 2 aliphatic carbocycles. The predicted octanol–water partition coefficient (Wildman–Crippen LogP) is 3.12. The van der Waals surface area contributed by atoms with Crippen LogP contribution >= 0.6 is 0 Å². The van der Waals surface area contributed by atoms with E-state index in [0.717, 1.165) is 6.42 Å². The molecule has 76 valence electrons. The molecule has 0 spiro atoms. The van der Waals surface area contributed by atoms with E-state index in [9.17, 15) is 5.11 Å².